The molecule has 0 spiro atoms. The lowest BCUT2D eigenvalue weighted by atomic mass is 10.1. The van der Waals surface area contributed by atoms with Gasteiger partial charge in [-0.3, -0.25) is 9.36 Å². The molecule has 0 aliphatic heterocycles. The number of aromatic nitrogens is 2. The number of benzene rings is 4. The molecule has 0 aliphatic rings. The molecule has 0 radical (unpaired) electrons. The Morgan fingerprint density at radius 2 is 1.43 bits per heavy atom. The molecule has 0 saturated heterocycles. The maximum Gasteiger partial charge on any atom is 0.266 e. The van der Waals surface area contributed by atoms with Crippen molar-refractivity contribution in [3.63, 3.8) is 0 Å². The molecular weight excluding hydrogens is 500 g/mol. The maximum atomic E-state index is 13.8. The Hall–Kier alpha value is -5.28. The molecule has 1 heterocycles. The lowest BCUT2D eigenvalue weighted by Gasteiger charge is -2.15. The molecule has 198 valence electrons. The normalized spacial score (nSPS) is 10.8. The molecule has 4 aromatic carbocycles. The fourth-order valence-corrected chi connectivity index (χ4v) is 4.51. The summed E-state index contributed by atoms with van der Waals surface area (Å²) in [5, 5.41) is 0.541. The zero-order valence-electron chi connectivity index (χ0n) is 22.8. The minimum atomic E-state index is -0.152. The first-order valence-corrected chi connectivity index (χ1v) is 12.7. The molecule has 6 nitrogen and oxygen atoms in total. The van der Waals surface area contributed by atoms with Crippen LogP contribution in [0.4, 0.5) is 0 Å². The van der Waals surface area contributed by atoms with E-state index in [2.05, 4.69) is 11.8 Å². The van der Waals surface area contributed by atoms with Crippen molar-refractivity contribution in [3.05, 3.63) is 123 Å². The van der Waals surface area contributed by atoms with Crippen molar-refractivity contribution in [2.45, 2.75) is 6.92 Å². The van der Waals surface area contributed by atoms with E-state index in [1.165, 1.54) is 0 Å². The molecule has 5 rings (SSSR count). The number of nitrogens with zero attached hydrogens (tertiary/aromatic N) is 2. The van der Waals surface area contributed by atoms with E-state index < -0.39 is 0 Å². The summed E-state index contributed by atoms with van der Waals surface area (Å²) in [5.41, 5.74) is 4.71. The number of hydrogen-bond donors (Lipinski definition) is 0. The number of fused-ring (bicyclic) bond motifs is 1. The Morgan fingerprint density at radius 1 is 0.750 bits per heavy atom. The number of para-hydroxylation sites is 1. The van der Waals surface area contributed by atoms with Gasteiger partial charge in [-0.15, -0.1) is 0 Å². The van der Waals surface area contributed by atoms with Crippen LogP contribution in [0.15, 0.2) is 89.7 Å². The minimum Gasteiger partial charge on any atom is -0.493 e. The Bertz CT molecular complexity index is 1820. The van der Waals surface area contributed by atoms with Gasteiger partial charge in [0.1, 0.15) is 5.82 Å². The summed E-state index contributed by atoms with van der Waals surface area (Å²) in [6.07, 6.45) is 3.68. The lowest BCUT2D eigenvalue weighted by molar-refractivity contribution is 0.324. The van der Waals surface area contributed by atoms with Gasteiger partial charge in [-0.25, -0.2) is 4.98 Å². The third kappa shape index (κ3) is 5.31. The largest absolute Gasteiger partial charge is 0.493 e. The second kappa shape index (κ2) is 11.6. The minimum absolute atomic E-state index is 0.152. The van der Waals surface area contributed by atoms with E-state index in [-0.39, 0.29) is 5.56 Å². The Kier molecular flexibility index (Phi) is 7.65. The first kappa shape index (κ1) is 26.3. The van der Waals surface area contributed by atoms with E-state index in [1.807, 2.05) is 97.9 Å². The van der Waals surface area contributed by atoms with Crippen molar-refractivity contribution in [2.75, 3.05) is 21.3 Å². The number of hydrogen-bond acceptors (Lipinski definition) is 5. The summed E-state index contributed by atoms with van der Waals surface area (Å²) in [5.74, 6) is 8.47. The van der Waals surface area contributed by atoms with Crippen LogP contribution in [0.2, 0.25) is 0 Å². The molecule has 0 bridgehead atoms. The van der Waals surface area contributed by atoms with Gasteiger partial charge in [0.05, 0.1) is 37.9 Å². The average molecular weight is 529 g/mol. The van der Waals surface area contributed by atoms with Gasteiger partial charge in [-0.2, -0.15) is 0 Å². The predicted molar refractivity (Wildman–Crippen MR) is 160 cm³/mol. The fraction of sp³-hybridized carbons (Fsp3) is 0.118. The quantitative estimate of drug-likeness (QED) is 0.243. The van der Waals surface area contributed by atoms with E-state index in [4.69, 9.17) is 19.2 Å². The molecule has 0 amide bonds. The molecule has 0 fully saturated rings. The van der Waals surface area contributed by atoms with Crippen molar-refractivity contribution >= 4 is 23.1 Å². The van der Waals surface area contributed by atoms with E-state index in [1.54, 1.807) is 32.0 Å². The first-order valence-electron chi connectivity index (χ1n) is 12.7. The van der Waals surface area contributed by atoms with Crippen LogP contribution in [-0.2, 0) is 0 Å². The van der Waals surface area contributed by atoms with Crippen LogP contribution in [0.5, 0.6) is 17.2 Å². The standard InChI is InChI=1S/C34H28N2O4/c1-23-20-25(15-14-24-10-6-5-7-11-24)16-18-29(23)36-32(35-28-13-9-8-12-27(28)34(36)37)19-17-26-21-30(38-2)33(40-4)31(22-26)39-3/h5-13,16-22H,1-4H3/b19-17+. The van der Waals surface area contributed by atoms with E-state index in [0.29, 0.717) is 34.0 Å². The Morgan fingerprint density at radius 3 is 2.10 bits per heavy atom. The second-order valence-electron chi connectivity index (χ2n) is 9.04. The van der Waals surface area contributed by atoms with Gasteiger partial charge in [0.25, 0.3) is 5.56 Å². The van der Waals surface area contributed by atoms with Gasteiger partial charge < -0.3 is 14.2 Å². The monoisotopic (exact) mass is 528 g/mol. The molecule has 0 aliphatic carbocycles. The van der Waals surface area contributed by atoms with E-state index in [9.17, 15) is 4.79 Å². The van der Waals surface area contributed by atoms with Crippen LogP contribution in [0.3, 0.4) is 0 Å². The molecule has 5 aromatic rings. The number of rotatable bonds is 6. The van der Waals surface area contributed by atoms with E-state index in [0.717, 1.165) is 27.9 Å². The van der Waals surface area contributed by atoms with Gasteiger partial charge >= 0.3 is 0 Å². The van der Waals surface area contributed by atoms with Gasteiger partial charge in [0.15, 0.2) is 11.5 Å². The van der Waals surface area contributed by atoms with Gasteiger partial charge in [-0.05, 0) is 78.7 Å². The number of methoxy groups -OCH3 is 3. The third-order valence-electron chi connectivity index (χ3n) is 6.48. The molecule has 40 heavy (non-hydrogen) atoms. The highest BCUT2D eigenvalue weighted by atomic mass is 16.5. The van der Waals surface area contributed by atoms with Crippen LogP contribution in [0.25, 0.3) is 28.7 Å². The van der Waals surface area contributed by atoms with Crippen molar-refractivity contribution in [3.8, 4) is 34.8 Å². The van der Waals surface area contributed by atoms with Crippen LogP contribution in [0, 0.1) is 18.8 Å². The molecule has 1 aromatic heterocycles. The second-order valence-corrected chi connectivity index (χ2v) is 9.04. The van der Waals surface area contributed by atoms with Crippen LogP contribution < -0.4 is 19.8 Å². The highest BCUT2D eigenvalue weighted by Gasteiger charge is 2.15. The van der Waals surface area contributed by atoms with Gasteiger partial charge in [0, 0.05) is 11.1 Å². The summed E-state index contributed by atoms with van der Waals surface area (Å²) in [7, 11) is 4.71. The average Bonchev–Trinajstić information content (AvgIpc) is 2.99. The van der Waals surface area contributed by atoms with Crippen LogP contribution in [0.1, 0.15) is 28.1 Å². The zero-order valence-corrected chi connectivity index (χ0v) is 22.8. The summed E-state index contributed by atoms with van der Waals surface area (Å²) in [6.45, 7) is 1.97. The summed E-state index contributed by atoms with van der Waals surface area (Å²) >= 11 is 0. The number of ether oxygens (including phenoxy) is 3. The van der Waals surface area contributed by atoms with Crippen LogP contribution in [-0.4, -0.2) is 30.9 Å². The molecular formula is C34H28N2O4. The highest BCUT2D eigenvalue weighted by molar-refractivity contribution is 5.80. The smallest absolute Gasteiger partial charge is 0.266 e. The summed E-state index contributed by atoms with van der Waals surface area (Å²) < 4.78 is 18.1. The predicted octanol–water partition coefficient (Wildman–Crippen LogP) is 6.29. The maximum absolute atomic E-state index is 13.8. The van der Waals surface area contributed by atoms with Crippen molar-refractivity contribution in [1.29, 1.82) is 0 Å². The highest BCUT2D eigenvalue weighted by Crippen LogP contribution is 2.38. The molecule has 0 atom stereocenters. The third-order valence-corrected chi connectivity index (χ3v) is 6.48. The van der Waals surface area contributed by atoms with Gasteiger partial charge in [-0.1, -0.05) is 48.2 Å². The first-order chi connectivity index (χ1) is 19.5. The molecule has 6 heteroatoms. The van der Waals surface area contributed by atoms with E-state index >= 15 is 0 Å². The SMILES string of the molecule is COc1cc(/C=C/c2nc3ccccc3c(=O)n2-c2ccc(C#Cc3ccccc3)cc2C)cc(OC)c1OC. The molecule has 0 N–H and O–H groups in total. The van der Waals surface area contributed by atoms with Crippen molar-refractivity contribution in [1.82, 2.24) is 9.55 Å². The molecule has 0 unspecified atom stereocenters. The number of aryl methyl sites for hydroxylation is 1. The topological polar surface area (TPSA) is 62.6 Å². The van der Waals surface area contributed by atoms with Crippen molar-refractivity contribution < 1.29 is 14.2 Å². The Labute approximate surface area is 233 Å². The fourth-order valence-electron chi connectivity index (χ4n) is 4.51. The zero-order chi connectivity index (χ0) is 28.1. The van der Waals surface area contributed by atoms with Crippen LogP contribution >= 0.6 is 0 Å². The molecule has 0 saturated carbocycles. The lowest BCUT2D eigenvalue weighted by Crippen LogP contribution is -2.23. The summed E-state index contributed by atoms with van der Waals surface area (Å²) in [6, 6.07) is 26.7. The van der Waals surface area contributed by atoms with Gasteiger partial charge in [0.2, 0.25) is 5.75 Å². The van der Waals surface area contributed by atoms with Crippen molar-refractivity contribution in [2.24, 2.45) is 0 Å². The Balaban J connectivity index is 1.62. The summed E-state index contributed by atoms with van der Waals surface area (Å²) in [4.78, 5) is 18.6.